The molecule has 0 saturated carbocycles. The third kappa shape index (κ3) is 3.41. The van der Waals surface area contributed by atoms with Crippen LogP contribution in [0.1, 0.15) is 0 Å². The van der Waals surface area contributed by atoms with Gasteiger partial charge in [-0.25, -0.2) is 0 Å². The van der Waals surface area contributed by atoms with Crippen LogP contribution in [0.25, 0.3) is 82.5 Å². The first-order chi connectivity index (χ1) is 22.3. The quantitative estimate of drug-likeness (QED) is 0.200. The molecule has 0 fully saturated rings. The van der Waals surface area contributed by atoms with Gasteiger partial charge in [0.25, 0.3) is 0 Å². The number of para-hydroxylation sites is 5. The predicted molar refractivity (Wildman–Crippen MR) is 189 cm³/mol. The average Bonchev–Trinajstić information content (AvgIpc) is 3.74. The molecule has 7 aromatic carbocycles. The first kappa shape index (κ1) is 24.4. The topological polar surface area (TPSA) is 14.8 Å². The Morgan fingerprint density at radius 3 is 0.867 bits per heavy atom. The first-order valence-corrected chi connectivity index (χ1v) is 15.5. The van der Waals surface area contributed by atoms with Gasteiger partial charge in [-0.05, 0) is 66.7 Å². The summed E-state index contributed by atoms with van der Waals surface area (Å²) >= 11 is 0. The molecular weight excluding hydrogens is 546 g/mol. The molecule has 0 amide bonds. The zero-order valence-corrected chi connectivity index (χ0v) is 24.4. The van der Waals surface area contributed by atoms with E-state index >= 15 is 0 Å². The van der Waals surface area contributed by atoms with Gasteiger partial charge in [0, 0.05) is 49.4 Å². The van der Waals surface area contributed by atoms with Gasteiger partial charge in [0.15, 0.2) is 0 Å². The standard InChI is InChI=1S/C42H27N3/c1-6-16-37-31(11-1)32-12-2-7-17-38(32)43(37)28-21-23-29(24-22-28)44-39-18-8-5-15-35(39)36-26-25-30(27-42(36)44)45-40-19-9-3-13-33(40)34-14-4-10-20-41(34)45/h1-27H. The zero-order chi connectivity index (χ0) is 29.5. The Morgan fingerprint density at radius 2 is 0.489 bits per heavy atom. The fourth-order valence-corrected chi connectivity index (χ4v) is 7.53. The van der Waals surface area contributed by atoms with Gasteiger partial charge in [0.1, 0.15) is 0 Å². The molecule has 3 aromatic heterocycles. The Bertz CT molecular complexity index is 2650. The van der Waals surface area contributed by atoms with Crippen LogP contribution >= 0.6 is 0 Å². The van der Waals surface area contributed by atoms with Crippen molar-refractivity contribution in [1.82, 2.24) is 13.7 Å². The molecule has 210 valence electrons. The summed E-state index contributed by atoms with van der Waals surface area (Å²) in [6, 6.07) is 59.5. The second-order valence-corrected chi connectivity index (χ2v) is 11.8. The molecule has 0 aliphatic rings. The molecule has 45 heavy (non-hydrogen) atoms. The highest BCUT2D eigenvalue weighted by atomic mass is 15.0. The van der Waals surface area contributed by atoms with Gasteiger partial charge in [-0.2, -0.15) is 0 Å². The number of rotatable bonds is 3. The van der Waals surface area contributed by atoms with Crippen LogP contribution < -0.4 is 0 Å². The van der Waals surface area contributed by atoms with E-state index in [1.54, 1.807) is 0 Å². The molecule has 0 bridgehead atoms. The highest BCUT2D eigenvalue weighted by Gasteiger charge is 2.17. The largest absolute Gasteiger partial charge is 0.309 e. The lowest BCUT2D eigenvalue weighted by atomic mass is 10.1. The van der Waals surface area contributed by atoms with Crippen LogP contribution in [0.4, 0.5) is 0 Å². The van der Waals surface area contributed by atoms with E-state index in [1.807, 2.05) is 0 Å². The summed E-state index contributed by atoms with van der Waals surface area (Å²) in [5.41, 5.74) is 10.7. The predicted octanol–water partition coefficient (Wildman–Crippen LogP) is 11.0. The third-order valence-corrected chi connectivity index (χ3v) is 9.44. The van der Waals surface area contributed by atoms with Crippen molar-refractivity contribution in [1.29, 1.82) is 0 Å². The van der Waals surface area contributed by atoms with E-state index < -0.39 is 0 Å². The van der Waals surface area contributed by atoms with E-state index in [0.717, 1.165) is 17.1 Å². The molecule has 0 unspecified atom stereocenters. The van der Waals surface area contributed by atoms with Gasteiger partial charge < -0.3 is 13.7 Å². The smallest absolute Gasteiger partial charge is 0.0561 e. The van der Waals surface area contributed by atoms with E-state index in [-0.39, 0.29) is 0 Å². The van der Waals surface area contributed by atoms with Crippen LogP contribution in [0, 0.1) is 0 Å². The van der Waals surface area contributed by atoms with E-state index in [0.29, 0.717) is 0 Å². The second-order valence-electron chi connectivity index (χ2n) is 11.8. The summed E-state index contributed by atoms with van der Waals surface area (Å²) in [5, 5.41) is 7.60. The van der Waals surface area contributed by atoms with E-state index in [1.165, 1.54) is 65.4 Å². The minimum atomic E-state index is 1.14. The van der Waals surface area contributed by atoms with Crippen molar-refractivity contribution in [2.45, 2.75) is 0 Å². The zero-order valence-electron chi connectivity index (χ0n) is 24.4. The van der Waals surface area contributed by atoms with Crippen molar-refractivity contribution in [3.05, 3.63) is 164 Å². The van der Waals surface area contributed by atoms with Gasteiger partial charge >= 0.3 is 0 Å². The number of fused-ring (bicyclic) bond motifs is 9. The van der Waals surface area contributed by atoms with Crippen LogP contribution in [0.15, 0.2) is 164 Å². The summed E-state index contributed by atoms with van der Waals surface area (Å²) in [6.45, 7) is 0. The maximum Gasteiger partial charge on any atom is 0.0561 e. The Balaban J connectivity index is 1.20. The van der Waals surface area contributed by atoms with Crippen LogP contribution in [0.3, 0.4) is 0 Å². The van der Waals surface area contributed by atoms with Crippen molar-refractivity contribution in [3.8, 4) is 17.1 Å². The molecule has 0 aliphatic heterocycles. The normalized spacial score (nSPS) is 12.0. The number of hydrogen-bond acceptors (Lipinski definition) is 0. The van der Waals surface area contributed by atoms with Crippen molar-refractivity contribution < 1.29 is 0 Å². The molecule has 10 rings (SSSR count). The van der Waals surface area contributed by atoms with Crippen molar-refractivity contribution in [2.24, 2.45) is 0 Å². The van der Waals surface area contributed by atoms with Gasteiger partial charge in [-0.3, -0.25) is 0 Å². The highest BCUT2D eigenvalue weighted by molar-refractivity contribution is 6.12. The van der Waals surface area contributed by atoms with Crippen LogP contribution in [0.2, 0.25) is 0 Å². The van der Waals surface area contributed by atoms with Crippen LogP contribution in [-0.4, -0.2) is 13.7 Å². The van der Waals surface area contributed by atoms with E-state index in [2.05, 4.69) is 177 Å². The number of benzene rings is 7. The Kier molecular flexibility index (Phi) is 5.00. The minimum absolute atomic E-state index is 1.14. The third-order valence-electron chi connectivity index (χ3n) is 9.44. The van der Waals surface area contributed by atoms with Gasteiger partial charge in [0.2, 0.25) is 0 Å². The maximum absolute atomic E-state index is 2.41. The Hall–Kier alpha value is -6.06. The van der Waals surface area contributed by atoms with Crippen molar-refractivity contribution in [2.75, 3.05) is 0 Å². The highest BCUT2D eigenvalue weighted by Crippen LogP contribution is 2.37. The molecule has 3 nitrogen and oxygen atoms in total. The molecule has 0 atom stereocenters. The lowest BCUT2D eigenvalue weighted by Gasteiger charge is -2.13. The summed E-state index contributed by atoms with van der Waals surface area (Å²) in [7, 11) is 0. The summed E-state index contributed by atoms with van der Waals surface area (Å²) in [4.78, 5) is 0. The molecule has 0 N–H and O–H groups in total. The molecule has 10 aromatic rings. The number of aromatic nitrogens is 3. The van der Waals surface area contributed by atoms with Crippen molar-refractivity contribution >= 4 is 65.4 Å². The van der Waals surface area contributed by atoms with Gasteiger partial charge in [-0.1, -0.05) is 97.1 Å². The first-order valence-electron chi connectivity index (χ1n) is 15.5. The molecule has 0 saturated heterocycles. The molecule has 0 radical (unpaired) electrons. The second kappa shape index (κ2) is 9.22. The minimum Gasteiger partial charge on any atom is -0.309 e. The lowest BCUT2D eigenvalue weighted by Crippen LogP contribution is -1.98. The molecule has 0 aliphatic carbocycles. The van der Waals surface area contributed by atoms with Crippen LogP contribution in [0.5, 0.6) is 0 Å². The maximum atomic E-state index is 2.41. The average molecular weight is 574 g/mol. The Morgan fingerprint density at radius 1 is 0.222 bits per heavy atom. The van der Waals surface area contributed by atoms with Crippen LogP contribution in [-0.2, 0) is 0 Å². The number of hydrogen-bond donors (Lipinski definition) is 0. The molecular formula is C42H27N3. The van der Waals surface area contributed by atoms with E-state index in [4.69, 9.17) is 0 Å². The fourth-order valence-electron chi connectivity index (χ4n) is 7.53. The van der Waals surface area contributed by atoms with Crippen molar-refractivity contribution in [3.63, 3.8) is 0 Å². The Labute approximate surface area is 259 Å². The lowest BCUT2D eigenvalue weighted by molar-refractivity contribution is 1.14. The summed E-state index contributed by atoms with van der Waals surface area (Å²) in [6.07, 6.45) is 0. The molecule has 3 heterocycles. The summed E-state index contributed by atoms with van der Waals surface area (Å²) < 4.78 is 7.19. The monoisotopic (exact) mass is 573 g/mol. The SMILES string of the molecule is c1ccc2c(c1)c1ccccc1n2-c1ccc(-n2c3ccccc3c3ccc(-n4c5ccccc5c5ccccc54)cc32)cc1. The van der Waals surface area contributed by atoms with E-state index in [9.17, 15) is 0 Å². The van der Waals surface area contributed by atoms with Gasteiger partial charge in [0.05, 0.1) is 33.1 Å². The number of nitrogens with zero attached hydrogens (tertiary/aromatic N) is 3. The summed E-state index contributed by atoms with van der Waals surface area (Å²) in [5.74, 6) is 0. The fraction of sp³-hybridized carbons (Fsp3) is 0. The molecule has 0 spiro atoms. The van der Waals surface area contributed by atoms with Gasteiger partial charge in [-0.15, -0.1) is 0 Å². The molecule has 3 heteroatoms.